The Labute approximate surface area is 116 Å². The predicted octanol–water partition coefficient (Wildman–Crippen LogP) is 1.74. The number of anilines is 1. The monoisotopic (exact) mass is 266 g/mol. The van der Waals surface area contributed by atoms with Gasteiger partial charge in [0.2, 0.25) is 5.95 Å². The quantitative estimate of drug-likeness (QED) is 0.728. The molecule has 1 aliphatic rings. The van der Waals surface area contributed by atoms with Gasteiger partial charge in [0.05, 0.1) is 12.3 Å². The first-order valence-electron chi connectivity index (χ1n) is 7.28. The summed E-state index contributed by atoms with van der Waals surface area (Å²) in [6, 6.07) is 0. The van der Waals surface area contributed by atoms with Crippen LogP contribution in [0.4, 0.5) is 5.95 Å². The van der Waals surface area contributed by atoms with Crippen LogP contribution >= 0.6 is 0 Å². The lowest BCUT2D eigenvalue weighted by Gasteiger charge is -2.14. The maximum atomic E-state index is 5.12. The Hall–Kier alpha value is -1.07. The van der Waals surface area contributed by atoms with Gasteiger partial charge in [0, 0.05) is 26.4 Å². The maximum absolute atomic E-state index is 5.12. The van der Waals surface area contributed by atoms with Gasteiger partial charge in [0.15, 0.2) is 0 Å². The zero-order chi connectivity index (χ0) is 13.5. The summed E-state index contributed by atoms with van der Waals surface area (Å²) in [6.07, 6.45) is 5.99. The molecule has 0 bridgehead atoms. The maximum Gasteiger partial charge on any atom is 0.203 e. The smallest absolute Gasteiger partial charge is 0.203 e. The number of methoxy groups -OCH3 is 1. The van der Waals surface area contributed by atoms with Gasteiger partial charge in [-0.2, -0.15) is 0 Å². The third kappa shape index (κ3) is 4.51. The first kappa shape index (κ1) is 14.3. The van der Waals surface area contributed by atoms with E-state index in [-0.39, 0.29) is 0 Å². The molecule has 19 heavy (non-hydrogen) atoms. The summed E-state index contributed by atoms with van der Waals surface area (Å²) >= 11 is 0. The fourth-order valence-corrected chi connectivity index (χ4v) is 2.56. The van der Waals surface area contributed by atoms with Crippen molar-refractivity contribution in [3.8, 4) is 0 Å². The van der Waals surface area contributed by atoms with Gasteiger partial charge < -0.3 is 19.5 Å². The van der Waals surface area contributed by atoms with Gasteiger partial charge in [-0.1, -0.05) is 0 Å². The normalized spacial score (nSPS) is 16.1. The van der Waals surface area contributed by atoms with Gasteiger partial charge in [-0.15, -0.1) is 0 Å². The minimum atomic E-state index is 0.720. The number of ether oxygens (including phenoxy) is 1. The molecule has 0 amide bonds. The van der Waals surface area contributed by atoms with Crippen LogP contribution in [0.25, 0.3) is 0 Å². The van der Waals surface area contributed by atoms with E-state index < -0.39 is 0 Å². The summed E-state index contributed by atoms with van der Waals surface area (Å²) in [5.41, 5.74) is 1.05. The molecular formula is C14H26N4O. The Balaban J connectivity index is 1.71. The first-order valence-corrected chi connectivity index (χ1v) is 7.28. The van der Waals surface area contributed by atoms with E-state index >= 15 is 0 Å². The van der Waals surface area contributed by atoms with Gasteiger partial charge in [0.25, 0.3) is 0 Å². The number of hydrogen-bond acceptors (Lipinski definition) is 4. The van der Waals surface area contributed by atoms with E-state index in [1.807, 2.05) is 6.92 Å². The van der Waals surface area contributed by atoms with Crippen LogP contribution in [0.2, 0.25) is 0 Å². The van der Waals surface area contributed by atoms with Crippen LogP contribution in [-0.2, 0) is 11.3 Å². The van der Waals surface area contributed by atoms with Crippen molar-refractivity contribution in [2.45, 2.75) is 32.7 Å². The largest absolute Gasteiger partial charge is 0.383 e. The van der Waals surface area contributed by atoms with Crippen LogP contribution in [0.15, 0.2) is 6.20 Å². The number of hydrogen-bond donors (Lipinski definition) is 1. The molecule has 108 valence electrons. The molecule has 0 spiro atoms. The molecule has 0 unspecified atom stereocenters. The van der Waals surface area contributed by atoms with E-state index in [1.165, 1.54) is 38.9 Å². The zero-order valence-electron chi connectivity index (χ0n) is 12.2. The summed E-state index contributed by atoms with van der Waals surface area (Å²) in [6.45, 7) is 8.34. The van der Waals surface area contributed by atoms with E-state index in [1.54, 1.807) is 7.11 Å². The molecule has 1 aromatic heterocycles. The lowest BCUT2D eigenvalue weighted by atomic mass is 10.4. The van der Waals surface area contributed by atoms with Crippen LogP contribution in [0, 0.1) is 6.92 Å². The van der Waals surface area contributed by atoms with Crippen molar-refractivity contribution in [1.82, 2.24) is 14.5 Å². The topological polar surface area (TPSA) is 42.3 Å². The lowest BCUT2D eigenvalue weighted by Crippen LogP contribution is -2.22. The summed E-state index contributed by atoms with van der Waals surface area (Å²) in [4.78, 5) is 7.06. The highest BCUT2D eigenvalue weighted by Crippen LogP contribution is 2.10. The van der Waals surface area contributed by atoms with Gasteiger partial charge >= 0.3 is 0 Å². The van der Waals surface area contributed by atoms with Crippen molar-refractivity contribution in [3.63, 3.8) is 0 Å². The van der Waals surface area contributed by atoms with Crippen LogP contribution in [0.3, 0.4) is 0 Å². The van der Waals surface area contributed by atoms with E-state index in [9.17, 15) is 0 Å². The molecule has 5 heteroatoms. The molecule has 1 aromatic rings. The Morgan fingerprint density at radius 3 is 2.84 bits per heavy atom. The molecule has 5 nitrogen and oxygen atoms in total. The molecule has 0 saturated carbocycles. The number of aromatic nitrogens is 2. The van der Waals surface area contributed by atoms with Crippen molar-refractivity contribution in [2.75, 3.05) is 45.2 Å². The lowest BCUT2D eigenvalue weighted by molar-refractivity contribution is 0.187. The fourth-order valence-electron chi connectivity index (χ4n) is 2.56. The van der Waals surface area contributed by atoms with Gasteiger partial charge in [-0.05, 0) is 45.8 Å². The molecule has 0 radical (unpaired) electrons. The Bertz CT molecular complexity index is 372. The molecule has 1 N–H and O–H groups in total. The highest BCUT2D eigenvalue weighted by atomic mass is 16.5. The second kappa shape index (κ2) is 7.50. The predicted molar refractivity (Wildman–Crippen MR) is 77.6 cm³/mol. The minimum absolute atomic E-state index is 0.720. The molecule has 1 aliphatic heterocycles. The standard InChI is InChI=1S/C14H26N4O/c1-13-12-18(10-11-19-2)14(16-13)15-6-5-9-17-7-3-4-8-17/h12H,3-11H2,1-2H3,(H,15,16). The van der Waals surface area contributed by atoms with E-state index in [2.05, 4.69) is 26.0 Å². The SMILES string of the molecule is COCCn1cc(C)nc1NCCCN1CCCC1. The van der Waals surface area contributed by atoms with E-state index in [4.69, 9.17) is 4.74 Å². The fraction of sp³-hybridized carbons (Fsp3) is 0.786. The Morgan fingerprint density at radius 1 is 1.32 bits per heavy atom. The van der Waals surface area contributed by atoms with Gasteiger partial charge in [-0.25, -0.2) is 4.98 Å². The number of imidazole rings is 1. The molecule has 2 rings (SSSR count). The van der Waals surface area contributed by atoms with Crippen LogP contribution < -0.4 is 5.32 Å². The summed E-state index contributed by atoms with van der Waals surface area (Å²) in [5, 5.41) is 3.44. The number of nitrogens with one attached hydrogen (secondary N) is 1. The van der Waals surface area contributed by atoms with Crippen molar-refractivity contribution in [1.29, 1.82) is 0 Å². The molecule has 0 atom stereocenters. The summed E-state index contributed by atoms with van der Waals surface area (Å²) in [7, 11) is 1.73. The van der Waals surface area contributed by atoms with Gasteiger partial charge in [0.1, 0.15) is 0 Å². The number of aryl methyl sites for hydroxylation is 1. The second-order valence-electron chi connectivity index (χ2n) is 5.22. The Kier molecular flexibility index (Phi) is 5.66. The van der Waals surface area contributed by atoms with Gasteiger partial charge in [-0.3, -0.25) is 0 Å². The number of likely N-dealkylation sites (tertiary alicyclic amines) is 1. The average Bonchev–Trinajstić information content (AvgIpc) is 3.02. The Morgan fingerprint density at radius 2 is 2.11 bits per heavy atom. The van der Waals surface area contributed by atoms with E-state index in [0.29, 0.717) is 0 Å². The number of rotatable bonds is 8. The van der Waals surface area contributed by atoms with Crippen LogP contribution in [-0.4, -0.2) is 54.3 Å². The summed E-state index contributed by atoms with van der Waals surface area (Å²) in [5.74, 6) is 0.968. The molecule has 0 aliphatic carbocycles. The minimum Gasteiger partial charge on any atom is -0.383 e. The second-order valence-corrected chi connectivity index (χ2v) is 5.22. The third-order valence-corrected chi connectivity index (χ3v) is 3.57. The molecule has 1 fully saturated rings. The van der Waals surface area contributed by atoms with E-state index in [0.717, 1.165) is 31.3 Å². The highest BCUT2D eigenvalue weighted by Gasteiger charge is 2.10. The molecule has 2 heterocycles. The third-order valence-electron chi connectivity index (χ3n) is 3.57. The molecular weight excluding hydrogens is 240 g/mol. The zero-order valence-corrected chi connectivity index (χ0v) is 12.2. The average molecular weight is 266 g/mol. The first-order chi connectivity index (χ1) is 9.29. The van der Waals surface area contributed by atoms with Crippen LogP contribution in [0.1, 0.15) is 25.0 Å². The highest BCUT2D eigenvalue weighted by molar-refractivity contribution is 5.28. The van der Waals surface area contributed by atoms with Crippen molar-refractivity contribution in [3.05, 3.63) is 11.9 Å². The summed E-state index contributed by atoms with van der Waals surface area (Å²) < 4.78 is 7.25. The van der Waals surface area contributed by atoms with Crippen LogP contribution in [0.5, 0.6) is 0 Å². The van der Waals surface area contributed by atoms with Crippen molar-refractivity contribution in [2.24, 2.45) is 0 Å². The molecule has 0 aromatic carbocycles. The van der Waals surface area contributed by atoms with Crippen molar-refractivity contribution < 1.29 is 4.74 Å². The molecule has 1 saturated heterocycles. The number of nitrogens with zero attached hydrogens (tertiary/aromatic N) is 3. The van der Waals surface area contributed by atoms with Crippen molar-refractivity contribution >= 4 is 5.95 Å².